The second-order valence-corrected chi connectivity index (χ2v) is 7.03. The summed E-state index contributed by atoms with van der Waals surface area (Å²) >= 11 is 1.76. The second kappa shape index (κ2) is 9.20. The van der Waals surface area contributed by atoms with Crippen LogP contribution in [-0.2, 0) is 13.0 Å². The molecule has 0 fully saturated rings. The molecule has 0 bridgehead atoms. The van der Waals surface area contributed by atoms with Crippen LogP contribution in [0.1, 0.15) is 22.9 Å². The molecule has 0 unspecified atom stereocenters. The zero-order valence-corrected chi connectivity index (χ0v) is 16.1. The van der Waals surface area contributed by atoms with Crippen molar-refractivity contribution in [3.8, 4) is 5.69 Å². The topological polar surface area (TPSA) is 54.2 Å². The maximum absolute atomic E-state index is 4.68. The fourth-order valence-corrected chi connectivity index (χ4v) is 3.42. The molecule has 2 N–H and O–H groups in total. The van der Waals surface area contributed by atoms with E-state index in [1.165, 1.54) is 16.0 Å². The van der Waals surface area contributed by atoms with Gasteiger partial charge in [-0.1, -0.05) is 18.2 Å². The first-order chi connectivity index (χ1) is 12.8. The molecule has 0 saturated carbocycles. The van der Waals surface area contributed by atoms with Crippen molar-refractivity contribution < 1.29 is 0 Å². The van der Waals surface area contributed by atoms with Crippen LogP contribution in [0.4, 0.5) is 0 Å². The van der Waals surface area contributed by atoms with Gasteiger partial charge >= 0.3 is 0 Å². The summed E-state index contributed by atoms with van der Waals surface area (Å²) in [5.41, 5.74) is 3.59. The molecule has 6 heteroatoms. The van der Waals surface area contributed by atoms with Gasteiger partial charge in [0.25, 0.3) is 0 Å². The van der Waals surface area contributed by atoms with E-state index in [4.69, 9.17) is 0 Å². The van der Waals surface area contributed by atoms with Crippen LogP contribution in [0.15, 0.2) is 59.2 Å². The van der Waals surface area contributed by atoms with Crippen LogP contribution in [-0.4, -0.2) is 28.8 Å². The van der Waals surface area contributed by atoms with Crippen LogP contribution in [0.25, 0.3) is 5.69 Å². The second-order valence-electron chi connectivity index (χ2n) is 6.03. The van der Waals surface area contributed by atoms with E-state index < -0.39 is 0 Å². The van der Waals surface area contributed by atoms with Gasteiger partial charge in [-0.2, -0.15) is 5.10 Å². The summed E-state index contributed by atoms with van der Waals surface area (Å²) in [5.74, 6) is 0.857. The van der Waals surface area contributed by atoms with Gasteiger partial charge in [0.2, 0.25) is 0 Å². The predicted molar refractivity (Wildman–Crippen MR) is 109 cm³/mol. The van der Waals surface area contributed by atoms with Crippen molar-refractivity contribution in [3.05, 3.63) is 70.2 Å². The van der Waals surface area contributed by atoms with Gasteiger partial charge in [0.1, 0.15) is 0 Å². The fourth-order valence-electron chi connectivity index (χ4n) is 2.60. The molecule has 3 aromatic rings. The first-order valence-corrected chi connectivity index (χ1v) is 9.78. The van der Waals surface area contributed by atoms with Crippen molar-refractivity contribution in [1.82, 2.24) is 20.4 Å². The summed E-state index contributed by atoms with van der Waals surface area (Å²) in [6.07, 6.45) is 4.90. The van der Waals surface area contributed by atoms with E-state index >= 15 is 0 Å². The van der Waals surface area contributed by atoms with Crippen molar-refractivity contribution in [1.29, 1.82) is 0 Å². The molecule has 0 aliphatic carbocycles. The Morgan fingerprint density at radius 2 is 2.04 bits per heavy atom. The Bertz CT molecular complexity index is 835. The molecule has 0 aliphatic rings. The maximum Gasteiger partial charge on any atom is 0.191 e. The summed E-state index contributed by atoms with van der Waals surface area (Å²) < 4.78 is 1.91. The summed E-state index contributed by atoms with van der Waals surface area (Å²) in [7, 11) is 0. The fraction of sp³-hybridized carbons (Fsp3) is 0.300. The Hall–Kier alpha value is -2.60. The molecule has 0 aliphatic heterocycles. The SMILES string of the molecule is CCNC(=NCc1sccc1C)NCCc1cnn(-c2ccccc2)c1. The Labute approximate surface area is 158 Å². The van der Waals surface area contributed by atoms with Gasteiger partial charge in [-0.25, -0.2) is 9.67 Å². The molecule has 3 rings (SSSR count). The highest BCUT2D eigenvalue weighted by atomic mass is 32.1. The third-order valence-electron chi connectivity index (χ3n) is 4.06. The van der Waals surface area contributed by atoms with E-state index in [1.54, 1.807) is 11.3 Å². The monoisotopic (exact) mass is 367 g/mol. The van der Waals surface area contributed by atoms with Gasteiger partial charge in [0.05, 0.1) is 18.4 Å². The lowest BCUT2D eigenvalue weighted by Crippen LogP contribution is -2.38. The minimum Gasteiger partial charge on any atom is -0.357 e. The van der Waals surface area contributed by atoms with Crippen molar-refractivity contribution in [3.63, 3.8) is 0 Å². The molecular weight excluding hydrogens is 342 g/mol. The molecule has 0 spiro atoms. The molecule has 2 aromatic heterocycles. The van der Waals surface area contributed by atoms with Crippen molar-refractivity contribution in [2.75, 3.05) is 13.1 Å². The molecule has 136 valence electrons. The van der Waals surface area contributed by atoms with Crippen molar-refractivity contribution in [2.45, 2.75) is 26.8 Å². The molecule has 5 nitrogen and oxygen atoms in total. The Balaban J connectivity index is 1.53. The zero-order valence-electron chi connectivity index (χ0n) is 15.3. The van der Waals surface area contributed by atoms with Gasteiger partial charge in [-0.15, -0.1) is 11.3 Å². The first kappa shape index (κ1) is 18.2. The maximum atomic E-state index is 4.68. The van der Waals surface area contributed by atoms with Crippen LogP contribution in [0, 0.1) is 6.92 Å². The average Bonchev–Trinajstić information content (AvgIpc) is 3.29. The molecule has 0 atom stereocenters. The van der Waals surface area contributed by atoms with Gasteiger partial charge in [-0.3, -0.25) is 0 Å². The number of aliphatic imine (C=N–C) groups is 1. The zero-order chi connectivity index (χ0) is 18.2. The number of thiophene rings is 1. The largest absolute Gasteiger partial charge is 0.357 e. The highest BCUT2D eigenvalue weighted by molar-refractivity contribution is 7.10. The number of nitrogens with one attached hydrogen (secondary N) is 2. The third-order valence-corrected chi connectivity index (χ3v) is 5.06. The number of nitrogens with zero attached hydrogens (tertiary/aromatic N) is 3. The van der Waals surface area contributed by atoms with E-state index in [0.29, 0.717) is 6.54 Å². The van der Waals surface area contributed by atoms with Gasteiger partial charge in [0, 0.05) is 24.2 Å². The lowest BCUT2D eigenvalue weighted by Gasteiger charge is -2.10. The number of rotatable bonds is 7. The summed E-state index contributed by atoms with van der Waals surface area (Å²) in [4.78, 5) is 6.00. The highest BCUT2D eigenvalue weighted by Gasteiger charge is 2.03. The predicted octanol–water partition coefficient (Wildman–Crippen LogP) is 3.54. The molecule has 0 saturated heterocycles. The molecule has 0 amide bonds. The lowest BCUT2D eigenvalue weighted by molar-refractivity contribution is 0.800. The van der Waals surface area contributed by atoms with E-state index in [9.17, 15) is 0 Å². The van der Waals surface area contributed by atoms with E-state index in [0.717, 1.165) is 31.2 Å². The van der Waals surface area contributed by atoms with Crippen molar-refractivity contribution in [2.24, 2.45) is 4.99 Å². The number of guanidine groups is 1. The van der Waals surface area contributed by atoms with Crippen molar-refractivity contribution >= 4 is 17.3 Å². The minimum atomic E-state index is 0.713. The first-order valence-electron chi connectivity index (χ1n) is 8.90. The summed E-state index contributed by atoms with van der Waals surface area (Å²) in [6, 6.07) is 12.3. The molecular formula is C20H25N5S. The van der Waals surface area contributed by atoms with E-state index in [1.807, 2.05) is 29.1 Å². The smallest absolute Gasteiger partial charge is 0.191 e. The Morgan fingerprint density at radius 3 is 2.77 bits per heavy atom. The van der Waals surface area contributed by atoms with Gasteiger partial charge < -0.3 is 10.6 Å². The third kappa shape index (κ3) is 4.95. The summed E-state index contributed by atoms with van der Waals surface area (Å²) in [6.45, 7) is 6.59. The van der Waals surface area contributed by atoms with E-state index in [-0.39, 0.29) is 0 Å². The quantitative estimate of drug-likeness (QED) is 0.496. The van der Waals surface area contributed by atoms with Crippen LogP contribution in [0.2, 0.25) is 0 Å². The number of aryl methyl sites for hydroxylation is 1. The molecule has 0 radical (unpaired) electrons. The van der Waals surface area contributed by atoms with Crippen LogP contribution in [0.3, 0.4) is 0 Å². The molecule has 1 aromatic carbocycles. The molecule has 26 heavy (non-hydrogen) atoms. The number of para-hydroxylation sites is 1. The normalized spacial score (nSPS) is 11.5. The number of hydrogen-bond acceptors (Lipinski definition) is 3. The minimum absolute atomic E-state index is 0.713. The number of aromatic nitrogens is 2. The van der Waals surface area contributed by atoms with Crippen LogP contribution >= 0.6 is 11.3 Å². The number of benzene rings is 1. The lowest BCUT2D eigenvalue weighted by atomic mass is 10.2. The highest BCUT2D eigenvalue weighted by Crippen LogP contribution is 2.16. The molecule has 2 heterocycles. The Kier molecular flexibility index (Phi) is 6.44. The van der Waals surface area contributed by atoms with Gasteiger partial charge in [-0.05, 0) is 55.0 Å². The summed E-state index contributed by atoms with van der Waals surface area (Å²) in [5, 5.41) is 13.3. The van der Waals surface area contributed by atoms with Crippen LogP contribution in [0.5, 0.6) is 0 Å². The average molecular weight is 368 g/mol. The van der Waals surface area contributed by atoms with Crippen LogP contribution < -0.4 is 10.6 Å². The number of hydrogen-bond donors (Lipinski definition) is 2. The standard InChI is InChI=1S/C20H25N5S/c1-3-21-20(23-14-19-16(2)10-12-26-19)22-11-9-17-13-24-25(15-17)18-7-5-4-6-8-18/h4-8,10,12-13,15H,3,9,11,14H2,1-2H3,(H2,21,22,23). The van der Waals surface area contributed by atoms with E-state index in [2.05, 4.69) is 64.3 Å². The Morgan fingerprint density at radius 1 is 1.19 bits per heavy atom. The van der Waals surface area contributed by atoms with Gasteiger partial charge in [0.15, 0.2) is 5.96 Å².